The molecular weight excluding hydrogens is 271 g/mol. The summed E-state index contributed by atoms with van der Waals surface area (Å²) >= 11 is 0. The molecule has 0 aliphatic rings. The first-order valence-corrected chi connectivity index (χ1v) is 0. The standard InChI is InChI=1S/2Fe.Mg.Mn.5O/q2*+3;2*+2;5*-2. The van der Waals surface area contributed by atoms with Crippen LogP contribution in [0.5, 0.6) is 0 Å². The Hall–Kier alpha value is 2.12. The molecule has 9 heteroatoms. The quantitative estimate of drug-likeness (QED) is 0.499. The molecule has 0 aromatic rings. The van der Waals surface area contributed by atoms with E-state index in [0.717, 1.165) is 0 Å². The van der Waals surface area contributed by atoms with Crippen molar-refractivity contribution in [1.29, 1.82) is 0 Å². The van der Waals surface area contributed by atoms with Crippen molar-refractivity contribution < 1.29 is 78.6 Å². The SMILES string of the molecule is [Fe+3].[Fe+3].[Mg+2].[Mn+2].[O-2].[O-2].[O-2].[O-2].[O-2]. The molecule has 0 heterocycles. The fourth-order valence-electron chi connectivity index (χ4n) is 0. The minimum atomic E-state index is 0. The Morgan fingerprint density at radius 2 is 0.444 bits per heavy atom. The van der Waals surface area contributed by atoms with Gasteiger partial charge in [0.15, 0.2) is 0 Å². The Morgan fingerprint density at radius 3 is 0.444 bits per heavy atom. The van der Waals surface area contributed by atoms with Gasteiger partial charge in [0.25, 0.3) is 0 Å². The van der Waals surface area contributed by atoms with Crippen LogP contribution in [0.15, 0.2) is 0 Å². The van der Waals surface area contributed by atoms with Gasteiger partial charge in [-0.05, 0) is 0 Å². The maximum Gasteiger partial charge on any atom is 3.00 e. The van der Waals surface area contributed by atoms with Gasteiger partial charge in [-0.15, -0.1) is 0 Å². The van der Waals surface area contributed by atoms with Gasteiger partial charge in [-0.25, -0.2) is 0 Å². The summed E-state index contributed by atoms with van der Waals surface area (Å²) < 4.78 is 0. The topological polar surface area (TPSA) is 142 Å². The molecule has 0 N–H and O–H groups in total. The fraction of sp³-hybridized carbons (Fsp3) is 0. The molecular formula is Fe2MgMnO5. The minimum absolute atomic E-state index is 0. The second-order valence-corrected chi connectivity index (χ2v) is 0. The van der Waals surface area contributed by atoms with Crippen LogP contribution in [0.2, 0.25) is 0 Å². The normalized spacial score (nSPS) is 0. The Morgan fingerprint density at radius 1 is 0.444 bits per heavy atom. The summed E-state index contributed by atoms with van der Waals surface area (Å²) in [5.74, 6) is 0. The molecule has 0 aromatic heterocycles. The van der Waals surface area contributed by atoms with E-state index >= 15 is 0 Å². The summed E-state index contributed by atoms with van der Waals surface area (Å²) in [7, 11) is 0. The van der Waals surface area contributed by atoms with Gasteiger partial charge in [0.05, 0.1) is 0 Å². The Balaban J connectivity index is 0. The van der Waals surface area contributed by atoms with Crippen molar-refractivity contribution in [2.45, 2.75) is 0 Å². The summed E-state index contributed by atoms with van der Waals surface area (Å²) in [5.41, 5.74) is 0. The maximum absolute atomic E-state index is 0. The summed E-state index contributed by atoms with van der Waals surface area (Å²) in [6.45, 7) is 0. The molecule has 55 valence electrons. The third-order valence-electron chi connectivity index (χ3n) is 0. The van der Waals surface area contributed by atoms with Crippen molar-refractivity contribution >= 4 is 23.1 Å². The van der Waals surface area contributed by atoms with Gasteiger partial charge in [-0.3, -0.25) is 0 Å². The Labute approximate surface area is 101 Å². The van der Waals surface area contributed by atoms with Crippen LogP contribution < -0.4 is 0 Å². The molecule has 0 amide bonds. The number of hydrogen-bond acceptors (Lipinski definition) is 0. The maximum atomic E-state index is 0. The first kappa shape index (κ1) is 253. The van der Waals surface area contributed by atoms with E-state index < -0.39 is 0 Å². The second kappa shape index (κ2) is 187. The van der Waals surface area contributed by atoms with Gasteiger partial charge in [0.2, 0.25) is 0 Å². The van der Waals surface area contributed by atoms with Gasteiger partial charge in [0, 0.05) is 0 Å². The van der Waals surface area contributed by atoms with Crippen LogP contribution >= 0.6 is 0 Å². The molecule has 0 saturated heterocycles. The predicted octanol–water partition coefficient (Wildman–Crippen LogP) is -0.982. The molecule has 0 spiro atoms. The van der Waals surface area contributed by atoms with Gasteiger partial charge in [0.1, 0.15) is 0 Å². The smallest absolute Gasteiger partial charge is 2.00 e. The van der Waals surface area contributed by atoms with E-state index in [9.17, 15) is 0 Å². The van der Waals surface area contributed by atoms with Crippen molar-refractivity contribution in [3.8, 4) is 0 Å². The number of hydrogen-bond donors (Lipinski definition) is 0. The monoisotopic (exact) mass is 271 g/mol. The molecule has 0 unspecified atom stereocenters. The average Bonchev–Trinajstić information content (AvgIpc) is 0. The zero-order valence-corrected chi connectivity index (χ0v) is 8.64. The third-order valence-corrected chi connectivity index (χ3v) is 0. The van der Waals surface area contributed by atoms with Crippen LogP contribution in [0.1, 0.15) is 0 Å². The average molecular weight is 271 g/mol. The summed E-state index contributed by atoms with van der Waals surface area (Å²) in [6.07, 6.45) is 0. The summed E-state index contributed by atoms with van der Waals surface area (Å²) in [6, 6.07) is 0. The van der Waals surface area contributed by atoms with E-state index in [1.165, 1.54) is 0 Å². The van der Waals surface area contributed by atoms with Crippen molar-refractivity contribution in [2.75, 3.05) is 0 Å². The van der Waals surface area contributed by atoms with E-state index in [1.54, 1.807) is 0 Å². The molecule has 0 bridgehead atoms. The molecule has 9 heavy (non-hydrogen) atoms. The fourth-order valence-corrected chi connectivity index (χ4v) is 0. The largest absolute Gasteiger partial charge is 3.00 e. The van der Waals surface area contributed by atoms with Gasteiger partial charge < -0.3 is 27.4 Å². The van der Waals surface area contributed by atoms with E-state index in [2.05, 4.69) is 0 Å². The van der Waals surface area contributed by atoms with Crippen molar-refractivity contribution in [2.24, 2.45) is 0 Å². The van der Waals surface area contributed by atoms with Crippen molar-refractivity contribution in [3.05, 3.63) is 0 Å². The van der Waals surface area contributed by atoms with Crippen molar-refractivity contribution in [3.63, 3.8) is 0 Å². The molecule has 0 saturated carbocycles. The molecule has 0 fully saturated rings. The van der Waals surface area contributed by atoms with Crippen LogP contribution in [0, 0.1) is 0 Å². The van der Waals surface area contributed by atoms with Crippen molar-refractivity contribution in [1.82, 2.24) is 0 Å². The zero-order chi connectivity index (χ0) is 0. The molecule has 5 nitrogen and oxygen atoms in total. The van der Waals surface area contributed by atoms with Gasteiger partial charge in [-0.2, -0.15) is 0 Å². The van der Waals surface area contributed by atoms with Gasteiger partial charge in [-0.1, -0.05) is 0 Å². The molecule has 0 aliphatic carbocycles. The van der Waals surface area contributed by atoms with Crippen LogP contribution in [0.4, 0.5) is 0 Å². The Kier molecular flexibility index (Phi) is 5240. The molecule has 0 aliphatic heterocycles. The van der Waals surface area contributed by atoms with Crippen LogP contribution in [0.3, 0.4) is 0 Å². The van der Waals surface area contributed by atoms with Gasteiger partial charge >= 0.3 is 74.3 Å². The summed E-state index contributed by atoms with van der Waals surface area (Å²) in [4.78, 5) is 0. The summed E-state index contributed by atoms with van der Waals surface area (Å²) in [5, 5.41) is 0. The minimum Gasteiger partial charge on any atom is -2.00 e. The Bertz CT molecular complexity index is 14.9. The van der Waals surface area contributed by atoms with E-state index in [4.69, 9.17) is 0 Å². The predicted molar refractivity (Wildman–Crippen MR) is 9.19 cm³/mol. The first-order valence-electron chi connectivity index (χ1n) is 0. The van der Waals surface area contributed by atoms with E-state index in [-0.39, 0.29) is 102 Å². The number of rotatable bonds is 0. The van der Waals surface area contributed by atoms with Crippen LogP contribution in [-0.2, 0) is 78.6 Å². The molecule has 0 aromatic carbocycles. The first-order chi connectivity index (χ1) is 0. The zero-order valence-electron chi connectivity index (χ0n) is 3.83. The molecule has 0 rings (SSSR count). The van der Waals surface area contributed by atoms with Crippen LogP contribution in [0.25, 0.3) is 0 Å². The van der Waals surface area contributed by atoms with E-state index in [1.807, 2.05) is 0 Å². The second-order valence-electron chi connectivity index (χ2n) is 0. The molecule has 3 radical (unpaired) electrons. The van der Waals surface area contributed by atoms with Crippen LogP contribution in [-0.4, -0.2) is 23.1 Å². The van der Waals surface area contributed by atoms with E-state index in [0.29, 0.717) is 0 Å². The molecule has 0 atom stereocenters. The third kappa shape index (κ3) is 148.